The molecule has 0 aromatic carbocycles. The minimum atomic E-state index is 0.387. The Hall–Kier alpha value is -0.410. The third kappa shape index (κ3) is 1.84. The quantitative estimate of drug-likeness (QED) is 0.832. The van der Waals surface area contributed by atoms with Gasteiger partial charge in [-0.15, -0.1) is 0 Å². The summed E-state index contributed by atoms with van der Waals surface area (Å²) >= 11 is 2.02. The molecule has 1 aliphatic rings. The highest BCUT2D eigenvalue weighted by Crippen LogP contribution is 2.40. The third-order valence-corrected chi connectivity index (χ3v) is 4.48. The molecule has 2 rings (SSSR count). The Balaban J connectivity index is 1.92. The SMILES string of the molecule is CC(NC1CSC1(C)C)c1ccoc1. The van der Waals surface area contributed by atoms with Gasteiger partial charge in [0.05, 0.1) is 12.5 Å². The topological polar surface area (TPSA) is 25.2 Å². The van der Waals surface area contributed by atoms with Crippen molar-refractivity contribution in [3.05, 3.63) is 24.2 Å². The van der Waals surface area contributed by atoms with Crippen molar-refractivity contribution in [2.24, 2.45) is 0 Å². The van der Waals surface area contributed by atoms with Crippen molar-refractivity contribution in [1.82, 2.24) is 5.32 Å². The van der Waals surface area contributed by atoms with Crippen molar-refractivity contribution in [2.45, 2.75) is 37.6 Å². The van der Waals surface area contributed by atoms with E-state index in [9.17, 15) is 0 Å². The summed E-state index contributed by atoms with van der Waals surface area (Å²) in [5.74, 6) is 1.22. The molecule has 1 saturated heterocycles. The van der Waals surface area contributed by atoms with Crippen LogP contribution in [0.1, 0.15) is 32.4 Å². The van der Waals surface area contributed by atoms with Gasteiger partial charge in [-0.1, -0.05) is 0 Å². The van der Waals surface area contributed by atoms with Crippen LogP contribution in [0.3, 0.4) is 0 Å². The molecule has 2 nitrogen and oxygen atoms in total. The summed E-state index contributed by atoms with van der Waals surface area (Å²) in [6, 6.07) is 3.03. The summed E-state index contributed by atoms with van der Waals surface area (Å²) in [5, 5.41) is 3.63. The van der Waals surface area contributed by atoms with Crippen molar-refractivity contribution >= 4 is 11.8 Å². The van der Waals surface area contributed by atoms with Gasteiger partial charge < -0.3 is 9.73 Å². The van der Waals surface area contributed by atoms with Gasteiger partial charge >= 0.3 is 0 Å². The van der Waals surface area contributed by atoms with Gasteiger partial charge in [0, 0.05) is 28.1 Å². The molecule has 3 heteroatoms. The van der Waals surface area contributed by atoms with Gasteiger partial charge in [-0.3, -0.25) is 0 Å². The first-order valence-electron chi connectivity index (χ1n) is 5.02. The van der Waals surface area contributed by atoms with Crippen LogP contribution in [-0.4, -0.2) is 16.5 Å². The molecular formula is C11H17NOS. The van der Waals surface area contributed by atoms with Crippen LogP contribution >= 0.6 is 11.8 Å². The van der Waals surface area contributed by atoms with E-state index < -0.39 is 0 Å². The summed E-state index contributed by atoms with van der Waals surface area (Å²) in [7, 11) is 0. The maximum Gasteiger partial charge on any atom is 0.0950 e. The van der Waals surface area contributed by atoms with Gasteiger partial charge in [-0.25, -0.2) is 0 Å². The fraction of sp³-hybridized carbons (Fsp3) is 0.636. The first-order valence-corrected chi connectivity index (χ1v) is 6.00. The first-order chi connectivity index (χ1) is 6.59. The smallest absolute Gasteiger partial charge is 0.0950 e. The average molecular weight is 211 g/mol. The second-order valence-electron chi connectivity index (χ2n) is 4.41. The maximum absolute atomic E-state index is 5.08. The molecule has 78 valence electrons. The summed E-state index contributed by atoms with van der Waals surface area (Å²) in [4.78, 5) is 0. The van der Waals surface area contributed by atoms with Crippen LogP contribution in [0.4, 0.5) is 0 Å². The zero-order valence-corrected chi connectivity index (χ0v) is 9.73. The predicted octanol–water partition coefficient (Wildman–Crippen LogP) is 2.82. The van der Waals surface area contributed by atoms with Crippen molar-refractivity contribution in [2.75, 3.05) is 5.75 Å². The Labute approximate surface area is 89.4 Å². The van der Waals surface area contributed by atoms with Crippen LogP contribution in [0, 0.1) is 0 Å². The Morgan fingerprint density at radius 3 is 2.86 bits per heavy atom. The van der Waals surface area contributed by atoms with Crippen LogP contribution in [0.25, 0.3) is 0 Å². The van der Waals surface area contributed by atoms with Crippen LogP contribution in [0.5, 0.6) is 0 Å². The van der Waals surface area contributed by atoms with Crippen LogP contribution < -0.4 is 5.32 Å². The van der Waals surface area contributed by atoms with Gasteiger partial charge in [-0.2, -0.15) is 11.8 Å². The van der Waals surface area contributed by atoms with E-state index in [2.05, 4.69) is 26.1 Å². The number of hydrogen-bond donors (Lipinski definition) is 1. The van der Waals surface area contributed by atoms with Crippen molar-refractivity contribution in [3.63, 3.8) is 0 Å². The molecule has 1 N–H and O–H groups in total. The Morgan fingerprint density at radius 1 is 1.64 bits per heavy atom. The van der Waals surface area contributed by atoms with Crippen LogP contribution in [-0.2, 0) is 0 Å². The molecule has 0 saturated carbocycles. The molecule has 1 aliphatic heterocycles. The van der Waals surface area contributed by atoms with Crippen molar-refractivity contribution < 1.29 is 4.42 Å². The fourth-order valence-electron chi connectivity index (χ4n) is 1.67. The lowest BCUT2D eigenvalue weighted by atomic mass is 10.0. The van der Waals surface area contributed by atoms with Crippen molar-refractivity contribution in [1.29, 1.82) is 0 Å². The molecular weight excluding hydrogens is 194 g/mol. The van der Waals surface area contributed by atoms with Crippen LogP contribution in [0.2, 0.25) is 0 Å². The molecule has 2 unspecified atom stereocenters. The molecule has 2 heterocycles. The first kappa shape index (κ1) is 10.1. The zero-order chi connectivity index (χ0) is 10.2. The number of hydrogen-bond acceptors (Lipinski definition) is 3. The van der Waals surface area contributed by atoms with E-state index in [0.29, 0.717) is 16.8 Å². The molecule has 1 aromatic heterocycles. The number of rotatable bonds is 3. The Bertz CT molecular complexity index is 294. The second kappa shape index (κ2) is 3.63. The highest BCUT2D eigenvalue weighted by atomic mass is 32.2. The highest BCUT2D eigenvalue weighted by Gasteiger charge is 2.39. The molecule has 0 bridgehead atoms. The summed E-state index contributed by atoms with van der Waals surface area (Å²) < 4.78 is 5.46. The maximum atomic E-state index is 5.08. The minimum absolute atomic E-state index is 0.387. The van der Waals surface area contributed by atoms with Gasteiger partial charge in [0.25, 0.3) is 0 Å². The lowest BCUT2D eigenvalue weighted by Gasteiger charge is -2.45. The highest BCUT2D eigenvalue weighted by molar-refractivity contribution is 8.02. The molecule has 1 fully saturated rings. The third-order valence-electron chi connectivity index (χ3n) is 2.96. The molecule has 2 atom stereocenters. The van der Waals surface area contributed by atoms with E-state index >= 15 is 0 Å². The van der Waals surface area contributed by atoms with E-state index in [1.165, 1.54) is 11.3 Å². The van der Waals surface area contributed by atoms with Gasteiger partial charge in [0.1, 0.15) is 0 Å². The van der Waals surface area contributed by atoms with Gasteiger partial charge in [0.2, 0.25) is 0 Å². The molecule has 0 radical (unpaired) electrons. The Morgan fingerprint density at radius 2 is 2.43 bits per heavy atom. The van der Waals surface area contributed by atoms with Gasteiger partial charge in [-0.05, 0) is 26.8 Å². The predicted molar refractivity (Wildman–Crippen MR) is 60.6 cm³/mol. The molecule has 14 heavy (non-hydrogen) atoms. The Kier molecular flexibility index (Phi) is 2.62. The van der Waals surface area contributed by atoms with E-state index in [-0.39, 0.29) is 0 Å². The summed E-state index contributed by atoms with van der Waals surface area (Å²) in [6.45, 7) is 6.77. The van der Waals surface area contributed by atoms with E-state index in [0.717, 1.165) is 0 Å². The summed E-state index contributed by atoms with van der Waals surface area (Å²) in [6.07, 6.45) is 3.55. The molecule has 0 spiro atoms. The van der Waals surface area contributed by atoms with Crippen molar-refractivity contribution in [3.8, 4) is 0 Å². The summed E-state index contributed by atoms with van der Waals surface area (Å²) in [5.41, 5.74) is 1.23. The van der Waals surface area contributed by atoms with Gasteiger partial charge in [0.15, 0.2) is 0 Å². The normalized spacial score (nSPS) is 26.9. The molecule has 0 aliphatic carbocycles. The van der Waals surface area contributed by atoms with E-state index in [1.54, 1.807) is 6.26 Å². The molecule has 0 amide bonds. The average Bonchev–Trinajstić information content (AvgIpc) is 2.65. The van der Waals surface area contributed by atoms with E-state index in [4.69, 9.17) is 4.42 Å². The largest absolute Gasteiger partial charge is 0.472 e. The number of thioether (sulfide) groups is 1. The number of nitrogens with one attached hydrogen (secondary N) is 1. The minimum Gasteiger partial charge on any atom is -0.472 e. The van der Waals surface area contributed by atoms with Crippen LogP contribution in [0.15, 0.2) is 23.0 Å². The lowest BCUT2D eigenvalue weighted by molar-refractivity contribution is 0.394. The molecule has 1 aromatic rings. The van der Waals surface area contributed by atoms with E-state index in [1.807, 2.05) is 24.1 Å². The number of furan rings is 1. The fourth-order valence-corrected chi connectivity index (χ4v) is 2.83. The standard InChI is InChI=1S/C11H17NOS/c1-8(9-4-5-13-6-9)12-10-7-14-11(10,2)3/h4-6,8,10,12H,7H2,1-3H3. The zero-order valence-electron chi connectivity index (χ0n) is 8.91. The monoisotopic (exact) mass is 211 g/mol. The lowest BCUT2D eigenvalue weighted by Crippen LogP contribution is -2.55. The second-order valence-corrected chi connectivity index (χ2v) is 6.09.